The van der Waals surface area contributed by atoms with E-state index in [1.54, 1.807) is 0 Å². The summed E-state index contributed by atoms with van der Waals surface area (Å²) in [6.07, 6.45) is 4.16. The highest BCUT2D eigenvalue weighted by atomic mass is 16.2. The van der Waals surface area contributed by atoms with Gasteiger partial charge in [0.1, 0.15) is 11.7 Å². The Bertz CT molecular complexity index is 1030. The highest BCUT2D eigenvalue weighted by molar-refractivity contribution is 5.92. The number of carbonyl (C=O) groups excluding carboxylic acids is 1. The summed E-state index contributed by atoms with van der Waals surface area (Å²) in [4.78, 5) is 14.4. The number of nitrogens with zero attached hydrogens (tertiary/aromatic N) is 3. The van der Waals surface area contributed by atoms with Gasteiger partial charge in [0, 0.05) is 29.8 Å². The van der Waals surface area contributed by atoms with E-state index < -0.39 is 0 Å². The Morgan fingerprint density at radius 2 is 2.07 bits per heavy atom. The summed E-state index contributed by atoms with van der Waals surface area (Å²) >= 11 is 0. The van der Waals surface area contributed by atoms with E-state index in [0.29, 0.717) is 12.0 Å². The highest BCUT2D eigenvalue weighted by Crippen LogP contribution is 2.29. The normalized spacial score (nSPS) is 25.2. The van der Waals surface area contributed by atoms with Crippen LogP contribution < -0.4 is 16.0 Å². The molecule has 3 aliphatic heterocycles. The maximum atomic E-state index is 12.8. The summed E-state index contributed by atoms with van der Waals surface area (Å²) in [6, 6.07) is 17.9. The standard InChI is InChI=1S/C23H26N6O/c24-18-6-4-5-17(11-18)22-15-29(27-26-22)13-20-12-16-9-10-28(20)14-21(16)23(30)25-19-7-2-1-3-8-19/h1-8,11,15-16,20-21H,9-10,12-14,24H2,(H,25,30)/p+1/t16-,20-,21+/m1/s1. The molecule has 2 bridgehead atoms. The second-order valence-electron chi connectivity index (χ2n) is 8.51. The predicted molar refractivity (Wildman–Crippen MR) is 116 cm³/mol. The van der Waals surface area contributed by atoms with Crippen molar-refractivity contribution in [3.8, 4) is 11.3 Å². The van der Waals surface area contributed by atoms with Crippen molar-refractivity contribution in [3.05, 3.63) is 60.8 Å². The van der Waals surface area contributed by atoms with Crippen LogP contribution in [-0.4, -0.2) is 40.0 Å². The maximum Gasteiger partial charge on any atom is 0.233 e. The number of nitrogen functional groups attached to an aromatic ring is 1. The molecular weight excluding hydrogens is 376 g/mol. The monoisotopic (exact) mass is 403 g/mol. The second kappa shape index (κ2) is 7.91. The molecule has 154 valence electrons. The van der Waals surface area contributed by atoms with Crippen LogP contribution in [0.1, 0.15) is 12.8 Å². The van der Waals surface area contributed by atoms with Gasteiger partial charge in [-0.3, -0.25) is 4.79 Å². The highest BCUT2D eigenvalue weighted by Gasteiger charge is 2.46. The summed E-state index contributed by atoms with van der Waals surface area (Å²) in [7, 11) is 0. The van der Waals surface area contributed by atoms with Gasteiger partial charge in [-0.25, -0.2) is 4.68 Å². The zero-order valence-electron chi connectivity index (χ0n) is 16.9. The van der Waals surface area contributed by atoms with E-state index in [9.17, 15) is 4.79 Å². The molecule has 3 aromatic rings. The molecule has 3 fully saturated rings. The van der Waals surface area contributed by atoms with Crippen LogP contribution in [0.5, 0.6) is 0 Å². The third kappa shape index (κ3) is 3.80. The van der Waals surface area contributed by atoms with Crippen molar-refractivity contribution in [2.75, 3.05) is 24.1 Å². The topological polar surface area (TPSA) is 90.3 Å². The maximum absolute atomic E-state index is 12.8. The molecule has 4 atom stereocenters. The number of para-hydroxylation sites is 1. The van der Waals surface area contributed by atoms with Crippen molar-refractivity contribution in [2.45, 2.75) is 25.4 Å². The lowest BCUT2D eigenvalue weighted by Crippen LogP contribution is -3.20. The van der Waals surface area contributed by atoms with E-state index in [-0.39, 0.29) is 11.8 Å². The van der Waals surface area contributed by atoms with E-state index in [1.165, 1.54) is 4.90 Å². The number of anilines is 2. The fourth-order valence-corrected chi connectivity index (χ4v) is 5.02. The Balaban J connectivity index is 1.23. The zero-order valence-corrected chi connectivity index (χ0v) is 16.9. The van der Waals surface area contributed by atoms with Crippen LogP contribution >= 0.6 is 0 Å². The summed E-state index contributed by atoms with van der Waals surface area (Å²) in [6.45, 7) is 2.85. The van der Waals surface area contributed by atoms with Crippen LogP contribution in [0.15, 0.2) is 60.8 Å². The first-order valence-corrected chi connectivity index (χ1v) is 10.6. The summed E-state index contributed by atoms with van der Waals surface area (Å²) in [5, 5.41) is 11.8. The van der Waals surface area contributed by atoms with Crippen molar-refractivity contribution >= 4 is 17.3 Å². The van der Waals surface area contributed by atoms with Gasteiger partial charge < -0.3 is 16.0 Å². The number of hydrogen-bond donors (Lipinski definition) is 3. The summed E-state index contributed by atoms with van der Waals surface area (Å²) in [5.74, 6) is 0.684. The van der Waals surface area contributed by atoms with E-state index in [2.05, 4.69) is 15.6 Å². The van der Waals surface area contributed by atoms with E-state index >= 15 is 0 Å². The molecular formula is C23H27N6O+. The Labute approximate surface area is 175 Å². The largest absolute Gasteiger partial charge is 0.399 e. The molecule has 4 N–H and O–H groups in total. The van der Waals surface area contributed by atoms with Gasteiger partial charge in [0.25, 0.3) is 0 Å². The van der Waals surface area contributed by atoms with Gasteiger partial charge in [-0.2, -0.15) is 0 Å². The number of rotatable bonds is 5. The van der Waals surface area contributed by atoms with Gasteiger partial charge in [-0.15, -0.1) is 5.10 Å². The lowest BCUT2D eigenvalue weighted by molar-refractivity contribution is -0.945. The molecule has 2 aromatic carbocycles. The average molecular weight is 404 g/mol. The Morgan fingerprint density at radius 3 is 2.83 bits per heavy atom. The van der Waals surface area contributed by atoms with E-state index in [0.717, 1.165) is 55.1 Å². The minimum Gasteiger partial charge on any atom is -0.399 e. The van der Waals surface area contributed by atoms with Gasteiger partial charge >= 0.3 is 0 Å². The second-order valence-corrected chi connectivity index (χ2v) is 8.51. The number of benzene rings is 2. The molecule has 30 heavy (non-hydrogen) atoms. The molecule has 4 heterocycles. The van der Waals surface area contributed by atoms with Crippen LogP contribution in [-0.2, 0) is 11.3 Å². The first kappa shape index (κ1) is 18.8. The fraction of sp³-hybridized carbons (Fsp3) is 0.348. The van der Waals surface area contributed by atoms with Gasteiger partial charge in [-0.05, 0) is 30.2 Å². The average Bonchev–Trinajstić information content (AvgIpc) is 3.23. The van der Waals surface area contributed by atoms with Gasteiger partial charge in [0.15, 0.2) is 0 Å². The van der Waals surface area contributed by atoms with Crippen molar-refractivity contribution in [1.82, 2.24) is 15.0 Å². The summed E-state index contributed by atoms with van der Waals surface area (Å²) in [5.41, 5.74) is 9.31. The van der Waals surface area contributed by atoms with Crippen LogP contribution in [0.25, 0.3) is 11.3 Å². The van der Waals surface area contributed by atoms with Crippen LogP contribution in [0.3, 0.4) is 0 Å². The molecule has 0 spiro atoms. The number of aromatic nitrogens is 3. The molecule has 7 nitrogen and oxygen atoms in total. The fourth-order valence-electron chi connectivity index (χ4n) is 5.02. The molecule has 3 saturated heterocycles. The van der Waals surface area contributed by atoms with E-state index in [4.69, 9.17) is 5.73 Å². The molecule has 6 rings (SSSR count). The van der Waals surface area contributed by atoms with Crippen molar-refractivity contribution < 1.29 is 9.69 Å². The lowest BCUT2D eigenvalue weighted by atomic mass is 9.75. The molecule has 3 aliphatic rings. The first-order chi connectivity index (χ1) is 14.7. The molecule has 1 amide bonds. The van der Waals surface area contributed by atoms with Crippen LogP contribution in [0.4, 0.5) is 11.4 Å². The number of nitrogens with one attached hydrogen (secondary N) is 2. The Morgan fingerprint density at radius 1 is 1.20 bits per heavy atom. The van der Waals surface area contributed by atoms with Crippen molar-refractivity contribution in [1.29, 1.82) is 0 Å². The Kier molecular flexibility index (Phi) is 4.96. The number of fused-ring (bicyclic) bond motifs is 3. The third-order valence-electron chi connectivity index (χ3n) is 6.56. The molecule has 0 radical (unpaired) electrons. The SMILES string of the molecule is Nc1cccc(-c2cn(C[C@H]3C[C@H]4CC[NH+]3C[C@@H]4C(=O)Nc3ccccc3)nn2)c1. The smallest absolute Gasteiger partial charge is 0.233 e. The first-order valence-electron chi connectivity index (χ1n) is 10.6. The van der Waals surface area contributed by atoms with Crippen LogP contribution in [0, 0.1) is 11.8 Å². The molecule has 7 heteroatoms. The van der Waals surface area contributed by atoms with Gasteiger partial charge in [0.2, 0.25) is 5.91 Å². The van der Waals surface area contributed by atoms with Gasteiger partial charge in [0.05, 0.1) is 31.7 Å². The number of amides is 1. The molecule has 1 unspecified atom stereocenters. The van der Waals surface area contributed by atoms with Crippen molar-refractivity contribution in [2.24, 2.45) is 11.8 Å². The minimum atomic E-state index is 0.0869. The predicted octanol–water partition coefficient (Wildman–Crippen LogP) is 1.46. The number of nitrogens with two attached hydrogens (primary N) is 1. The number of carbonyl (C=O) groups is 1. The third-order valence-corrected chi connectivity index (χ3v) is 6.56. The Hall–Kier alpha value is -3.19. The summed E-state index contributed by atoms with van der Waals surface area (Å²) < 4.78 is 1.94. The lowest BCUT2D eigenvalue weighted by Gasteiger charge is -2.46. The molecule has 1 aromatic heterocycles. The quantitative estimate of drug-likeness (QED) is 0.563. The van der Waals surface area contributed by atoms with E-state index in [1.807, 2.05) is 65.5 Å². The van der Waals surface area contributed by atoms with Gasteiger partial charge in [-0.1, -0.05) is 35.5 Å². The number of quaternary nitrogens is 1. The molecule has 0 aliphatic carbocycles. The number of hydrogen-bond acceptors (Lipinski definition) is 4. The number of piperidine rings is 3. The van der Waals surface area contributed by atoms with Crippen LogP contribution in [0.2, 0.25) is 0 Å². The zero-order chi connectivity index (χ0) is 20.5. The molecule has 0 saturated carbocycles. The minimum absolute atomic E-state index is 0.0869. The van der Waals surface area contributed by atoms with Crippen molar-refractivity contribution in [3.63, 3.8) is 0 Å².